The Morgan fingerprint density at radius 1 is 1.53 bits per heavy atom. The van der Waals surface area contributed by atoms with Gasteiger partial charge in [-0.25, -0.2) is 0 Å². The van der Waals surface area contributed by atoms with Gasteiger partial charge in [0.25, 0.3) is 0 Å². The van der Waals surface area contributed by atoms with E-state index < -0.39 is 11.9 Å². The first-order valence-corrected chi connectivity index (χ1v) is 5.02. The molecule has 1 unspecified atom stereocenters. The molecule has 0 spiro atoms. The number of primary amides is 1. The molecular weight excluding hydrogens is 196 g/mol. The van der Waals surface area contributed by atoms with Crippen LogP contribution < -0.4 is 16.8 Å². The van der Waals surface area contributed by atoms with E-state index in [1.165, 1.54) is 0 Å². The molecule has 0 radical (unpaired) electrons. The van der Waals surface area contributed by atoms with Crippen molar-refractivity contribution in [2.75, 3.05) is 20.1 Å². The smallest absolute Gasteiger partial charge is 0.235 e. The molecule has 0 aliphatic heterocycles. The second kappa shape index (κ2) is 5.09. The maximum atomic E-state index is 11.3. The molecule has 1 aliphatic rings. The zero-order chi connectivity index (χ0) is 11.4. The highest BCUT2D eigenvalue weighted by molar-refractivity contribution is 5.80. The zero-order valence-corrected chi connectivity index (χ0v) is 8.90. The number of carbonyl (C=O) groups is 2. The van der Waals surface area contributed by atoms with Crippen molar-refractivity contribution in [1.29, 1.82) is 0 Å². The van der Waals surface area contributed by atoms with Crippen LogP contribution in [0.4, 0.5) is 0 Å². The Hall–Kier alpha value is -1.14. The standard InChI is InChI=1S/C9H18N4O2/c1-13(4-7(10)9(11)15)5-8(14)12-6-2-3-6/h6-7H,2-5,10H2,1H3,(H2,11,15)(H,12,14). The Morgan fingerprint density at radius 3 is 2.60 bits per heavy atom. The number of carbonyl (C=O) groups excluding carboxylic acids is 2. The summed E-state index contributed by atoms with van der Waals surface area (Å²) in [4.78, 5) is 23.7. The van der Waals surface area contributed by atoms with Crippen LogP contribution in [-0.4, -0.2) is 48.9 Å². The number of hydrogen-bond donors (Lipinski definition) is 3. The molecule has 0 aromatic heterocycles. The number of rotatable bonds is 6. The van der Waals surface area contributed by atoms with E-state index >= 15 is 0 Å². The predicted octanol–water partition coefficient (Wildman–Crippen LogP) is -1.99. The number of nitrogens with zero attached hydrogens (tertiary/aromatic N) is 1. The third kappa shape index (κ3) is 4.75. The first-order chi connectivity index (χ1) is 6.99. The van der Waals surface area contributed by atoms with Crippen molar-refractivity contribution in [3.63, 3.8) is 0 Å². The van der Waals surface area contributed by atoms with E-state index in [9.17, 15) is 9.59 Å². The highest BCUT2D eigenvalue weighted by atomic mass is 16.2. The van der Waals surface area contributed by atoms with Gasteiger partial charge in [0, 0.05) is 12.6 Å². The molecular formula is C9H18N4O2. The molecule has 6 heteroatoms. The molecule has 86 valence electrons. The summed E-state index contributed by atoms with van der Waals surface area (Å²) in [6.07, 6.45) is 2.13. The average Bonchev–Trinajstić information content (AvgIpc) is 2.86. The van der Waals surface area contributed by atoms with Crippen molar-refractivity contribution in [2.24, 2.45) is 11.5 Å². The van der Waals surface area contributed by atoms with Crippen molar-refractivity contribution in [2.45, 2.75) is 24.9 Å². The lowest BCUT2D eigenvalue weighted by molar-refractivity contribution is -0.123. The zero-order valence-electron chi connectivity index (χ0n) is 8.90. The molecule has 1 saturated carbocycles. The van der Waals surface area contributed by atoms with Gasteiger partial charge in [0.05, 0.1) is 12.6 Å². The van der Waals surface area contributed by atoms with Crippen LogP contribution in [0.25, 0.3) is 0 Å². The van der Waals surface area contributed by atoms with Gasteiger partial charge in [0.15, 0.2) is 0 Å². The van der Waals surface area contributed by atoms with Crippen LogP contribution >= 0.6 is 0 Å². The second-order valence-corrected chi connectivity index (χ2v) is 4.05. The van der Waals surface area contributed by atoms with Crippen LogP contribution in [0.2, 0.25) is 0 Å². The molecule has 15 heavy (non-hydrogen) atoms. The van der Waals surface area contributed by atoms with Gasteiger partial charge in [0.2, 0.25) is 11.8 Å². The molecule has 1 aliphatic carbocycles. The molecule has 5 N–H and O–H groups in total. The maximum absolute atomic E-state index is 11.3. The van der Waals surface area contributed by atoms with Crippen molar-refractivity contribution in [3.05, 3.63) is 0 Å². The van der Waals surface area contributed by atoms with Crippen molar-refractivity contribution in [1.82, 2.24) is 10.2 Å². The van der Waals surface area contributed by atoms with Gasteiger partial charge < -0.3 is 16.8 Å². The van der Waals surface area contributed by atoms with E-state index in [-0.39, 0.29) is 12.5 Å². The summed E-state index contributed by atoms with van der Waals surface area (Å²) in [7, 11) is 1.73. The molecule has 6 nitrogen and oxygen atoms in total. The fourth-order valence-electron chi connectivity index (χ4n) is 1.24. The predicted molar refractivity (Wildman–Crippen MR) is 55.8 cm³/mol. The Labute approximate surface area is 89.0 Å². The van der Waals surface area contributed by atoms with E-state index in [1.807, 2.05) is 0 Å². The van der Waals surface area contributed by atoms with Crippen LogP contribution in [0.5, 0.6) is 0 Å². The minimum atomic E-state index is -0.719. The minimum Gasteiger partial charge on any atom is -0.368 e. The summed E-state index contributed by atoms with van der Waals surface area (Å²) < 4.78 is 0. The van der Waals surface area contributed by atoms with Gasteiger partial charge in [0.1, 0.15) is 0 Å². The summed E-state index contributed by atoms with van der Waals surface area (Å²) in [5, 5.41) is 2.85. The normalized spacial score (nSPS) is 17.5. The highest BCUT2D eigenvalue weighted by Gasteiger charge is 2.23. The van der Waals surface area contributed by atoms with Gasteiger partial charge in [-0.2, -0.15) is 0 Å². The van der Waals surface area contributed by atoms with Gasteiger partial charge >= 0.3 is 0 Å². The maximum Gasteiger partial charge on any atom is 0.235 e. The summed E-state index contributed by atoms with van der Waals surface area (Å²) in [6.45, 7) is 0.547. The molecule has 1 fully saturated rings. The second-order valence-electron chi connectivity index (χ2n) is 4.05. The van der Waals surface area contributed by atoms with Crippen LogP contribution in [0.3, 0.4) is 0 Å². The number of hydrogen-bond acceptors (Lipinski definition) is 4. The first-order valence-electron chi connectivity index (χ1n) is 5.02. The van der Waals surface area contributed by atoms with E-state index in [4.69, 9.17) is 11.5 Å². The van der Waals surface area contributed by atoms with Gasteiger partial charge in [-0.15, -0.1) is 0 Å². The lowest BCUT2D eigenvalue weighted by Gasteiger charge is -2.18. The number of likely N-dealkylation sites (N-methyl/N-ethyl adjacent to an activating group) is 1. The number of nitrogens with two attached hydrogens (primary N) is 2. The Morgan fingerprint density at radius 2 is 2.13 bits per heavy atom. The summed E-state index contributed by atoms with van der Waals surface area (Å²) in [6, 6.07) is -0.362. The van der Waals surface area contributed by atoms with Crippen molar-refractivity contribution < 1.29 is 9.59 Å². The van der Waals surface area contributed by atoms with E-state index in [0.29, 0.717) is 12.6 Å². The summed E-state index contributed by atoms with van der Waals surface area (Å²) >= 11 is 0. The van der Waals surface area contributed by atoms with Crippen LogP contribution in [0, 0.1) is 0 Å². The molecule has 0 aromatic rings. The van der Waals surface area contributed by atoms with Crippen molar-refractivity contribution >= 4 is 11.8 Å². The van der Waals surface area contributed by atoms with Gasteiger partial charge in [-0.1, -0.05) is 0 Å². The highest BCUT2D eigenvalue weighted by Crippen LogP contribution is 2.18. The number of nitrogens with one attached hydrogen (secondary N) is 1. The minimum absolute atomic E-state index is 0.0309. The Bertz CT molecular complexity index is 252. The average molecular weight is 214 g/mol. The molecule has 2 amide bonds. The largest absolute Gasteiger partial charge is 0.368 e. The third-order valence-electron chi connectivity index (χ3n) is 2.23. The summed E-state index contributed by atoms with van der Waals surface area (Å²) in [5.74, 6) is -0.582. The fourth-order valence-corrected chi connectivity index (χ4v) is 1.24. The van der Waals surface area contributed by atoms with E-state index in [1.54, 1.807) is 11.9 Å². The quantitative estimate of drug-likeness (QED) is 0.476. The van der Waals surface area contributed by atoms with E-state index in [2.05, 4.69) is 5.32 Å². The van der Waals surface area contributed by atoms with Crippen LogP contribution in [0.15, 0.2) is 0 Å². The summed E-state index contributed by atoms with van der Waals surface area (Å²) in [5.41, 5.74) is 10.5. The SMILES string of the molecule is CN(CC(=O)NC1CC1)CC(N)C(N)=O. The monoisotopic (exact) mass is 214 g/mol. The third-order valence-corrected chi connectivity index (χ3v) is 2.23. The van der Waals surface area contributed by atoms with E-state index in [0.717, 1.165) is 12.8 Å². The Kier molecular flexibility index (Phi) is 4.05. The van der Waals surface area contributed by atoms with Crippen LogP contribution in [-0.2, 0) is 9.59 Å². The first kappa shape index (κ1) is 11.9. The molecule has 0 heterocycles. The molecule has 0 aromatic carbocycles. The topological polar surface area (TPSA) is 101 Å². The molecule has 1 atom stereocenters. The van der Waals surface area contributed by atoms with Gasteiger partial charge in [-0.05, 0) is 19.9 Å². The molecule has 1 rings (SSSR count). The molecule has 0 bridgehead atoms. The lowest BCUT2D eigenvalue weighted by Crippen LogP contribution is -2.47. The van der Waals surface area contributed by atoms with Crippen molar-refractivity contribution in [3.8, 4) is 0 Å². The fraction of sp³-hybridized carbons (Fsp3) is 0.778. The van der Waals surface area contributed by atoms with Gasteiger partial charge in [-0.3, -0.25) is 14.5 Å². The Balaban J connectivity index is 2.18. The molecule has 0 saturated heterocycles. The number of amides is 2. The lowest BCUT2D eigenvalue weighted by atomic mass is 10.3. The van der Waals surface area contributed by atoms with Crippen LogP contribution in [0.1, 0.15) is 12.8 Å².